The van der Waals surface area contributed by atoms with E-state index < -0.39 is 0 Å². The van der Waals surface area contributed by atoms with E-state index in [0.717, 1.165) is 11.7 Å². The molecule has 0 fully saturated rings. The van der Waals surface area contributed by atoms with Gasteiger partial charge >= 0.3 is 0 Å². The summed E-state index contributed by atoms with van der Waals surface area (Å²) in [6.45, 7) is 4.50. The normalized spacial score (nSPS) is 13.9. The molecule has 0 saturated heterocycles. The van der Waals surface area contributed by atoms with E-state index in [2.05, 4.69) is 20.1 Å². The second-order valence-electron chi connectivity index (χ2n) is 3.13. The first-order chi connectivity index (χ1) is 5.24. The number of thioether (sulfide) groups is 1. The monoisotopic (exact) mass is 175 g/mol. The molecule has 1 atom stereocenters. The Morgan fingerprint density at radius 1 is 1.27 bits per heavy atom. The molecule has 0 aromatic rings. The van der Waals surface area contributed by atoms with Gasteiger partial charge in [0.05, 0.1) is 0 Å². The van der Waals surface area contributed by atoms with Crippen LogP contribution in [0.25, 0.3) is 0 Å². The van der Waals surface area contributed by atoms with Crippen LogP contribution in [0.2, 0.25) is 0 Å². The van der Waals surface area contributed by atoms with Crippen LogP contribution in [0.1, 0.15) is 33.1 Å². The van der Waals surface area contributed by atoms with Gasteiger partial charge in [0, 0.05) is 11.8 Å². The Morgan fingerprint density at radius 2 is 1.82 bits per heavy atom. The highest BCUT2D eigenvalue weighted by Gasteiger charge is 2.08. The highest BCUT2D eigenvalue weighted by Crippen LogP contribution is 2.15. The maximum absolute atomic E-state index is 5.92. The number of nitrogens with two attached hydrogens (primary N) is 1. The minimum absolute atomic E-state index is 0.412. The zero-order valence-electron chi connectivity index (χ0n) is 7.97. The van der Waals surface area contributed by atoms with Crippen molar-refractivity contribution in [3.05, 3.63) is 0 Å². The van der Waals surface area contributed by atoms with Crippen LogP contribution in [0.4, 0.5) is 0 Å². The van der Waals surface area contributed by atoms with Crippen LogP contribution in [-0.2, 0) is 0 Å². The predicted octanol–water partition coefficient (Wildman–Crippen LogP) is 2.50. The second kappa shape index (κ2) is 6.99. The zero-order chi connectivity index (χ0) is 8.69. The fraction of sp³-hybridized carbons (Fsp3) is 1.00. The predicted molar refractivity (Wildman–Crippen MR) is 55.0 cm³/mol. The molecule has 0 aliphatic heterocycles. The molecule has 0 saturated carbocycles. The summed E-state index contributed by atoms with van der Waals surface area (Å²) in [5, 5.41) is 0. The molecule has 2 heteroatoms. The smallest absolute Gasteiger partial charge is 0.0132 e. The third kappa shape index (κ3) is 5.57. The van der Waals surface area contributed by atoms with Gasteiger partial charge in [-0.1, -0.05) is 26.7 Å². The van der Waals surface area contributed by atoms with Crippen molar-refractivity contribution in [1.82, 2.24) is 0 Å². The molecular formula is C9H21NS. The average Bonchev–Trinajstić information content (AvgIpc) is 2.01. The molecule has 11 heavy (non-hydrogen) atoms. The van der Waals surface area contributed by atoms with Crippen molar-refractivity contribution in [2.45, 2.75) is 39.2 Å². The van der Waals surface area contributed by atoms with Crippen LogP contribution in [0.3, 0.4) is 0 Å². The molecule has 0 heterocycles. The lowest BCUT2D eigenvalue weighted by Crippen LogP contribution is -2.25. The molecule has 2 N–H and O–H groups in total. The van der Waals surface area contributed by atoms with Crippen molar-refractivity contribution in [2.75, 3.05) is 12.0 Å². The molecule has 0 aliphatic rings. The fourth-order valence-corrected chi connectivity index (χ4v) is 1.90. The third-order valence-corrected chi connectivity index (χ3v) is 2.93. The minimum atomic E-state index is 0.412. The average molecular weight is 175 g/mol. The molecule has 0 aromatic carbocycles. The molecule has 0 rings (SSSR count). The maximum atomic E-state index is 5.92. The highest BCUT2D eigenvalue weighted by molar-refractivity contribution is 7.98. The molecule has 1 unspecified atom stereocenters. The van der Waals surface area contributed by atoms with Gasteiger partial charge in [0.2, 0.25) is 0 Å². The van der Waals surface area contributed by atoms with Gasteiger partial charge in [-0.15, -0.1) is 0 Å². The number of hydrogen-bond acceptors (Lipinski definition) is 2. The zero-order valence-corrected chi connectivity index (χ0v) is 8.79. The van der Waals surface area contributed by atoms with Gasteiger partial charge in [-0.25, -0.2) is 0 Å². The van der Waals surface area contributed by atoms with E-state index in [-0.39, 0.29) is 0 Å². The molecular weight excluding hydrogens is 154 g/mol. The van der Waals surface area contributed by atoms with E-state index >= 15 is 0 Å². The Labute approximate surface area is 75.1 Å². The van der Waals surface area contributed by atoms with E-state index in [9.17, 15) is 0 Å². The maximum Gasteiger partial charge on any atom is 0.0132 e. The Hall–Kier alpha value is 0.310. The first-order valence-corrected chi connectivity index (χ1v) is 5.88. The van der Waals surface area contributed by atoms with Crippen LogP contribution in [0.5, 0.6) is 0 Å². The van der Waals surface area contributed by atoms with Crippen molar-refractivity contribution in [3.8, 4) is 0 Å². The van der Waals surface area contributed by atoms with Crippen molar-refractivity contribution >= 4 is 11.8 Å². The topological polar surface area (TPSA) is 26.0 Å². The van der Waals surface area contributed by atoms with Crippen molar-refractivity contribution in [2.24, 2.45) is 11.7 Å². The summed E-state index contributed by atoms with van der Waals surface area (Å²) in [6, 6.07) is 0.412. The SMILES string of the molecule is CCC(CC)CC(N)CSC. The van der Waals surface area contributed by atoms with Crippen molar-refractivity contribution in [1.29, 1.82) is 0 Å². The van der Waals surface area contributed by atoms with Gasteiger partial charge in [-0.05, 0) is 18.6 Å². The largest absolute Gasteiger partial charge is 0.327 e. The van der Waals surface area contributed by atoms with E-state index in [0.29, 0.717) is 6.04 Å². The molecule has 0 radical (unpaired) electrons. The Kier molecular flexibility index (Phi) is 7.18. The quantitative estimate of drug-likeness (QED) is 0.671. The molecule has 0 aliphatic carbocycles. The van der Waals surface area contributed by atoms with Gasteiger partial charge in [-0.2, -0.15) is 11.8 Å². The third-order valence-electron chi connectivity index (χ3n) is 2.17. The van der Waals surface area contributed by atoms with Gasteiger partial charge in [0.15, 0.2) is 0 Å². The highest BCUT2D eigenvalue weighted by atomic mass is 32.2. The Balaban J connectivity index is 3.44. The fourth-order valence-electron chi connectivity index (χ4n) is 1.33. The van der Waals surface area contributed by atoms with Crippen LogP contribution in [0.15, 0.2) is 0 Å². The molecule has 68 valence electrons. The van der Waals surface area contributed by atoms with Crippen LogP contribution in [-0.4, -0.2) is 18.1 Å². The summed E-state index contributed by atoms with van der Waals surface area (Å²) >= 11 is 1.85. The second-order valence-corrected chi connectivity index (χ2v) is 4.04. The lowest BCUT2D eigenvalue weighted by Gasteiger charge is -2.16. The first-order valence-electron chi connectivity index (χ1n) is 4.49. The number of rotatable bonds is 6. The summed E-state index contributed by atoms with van der Waals surface area (Å²) in [7, 11) is 0. The Bertz CT molecular complexity index is 81.6. The summed E-state index contributed by atoms with van der Waals surface area (Å²) in [6.07, 6.45) is 5.87. The van der Waals surface area contributed by atoms with Crippen LogP contribution >= 0.6 is 11.8 Å². The number of hydrogen-bond donors (Lipinski definition) is 1. The van der Waals surface area contributed by atoms with E-state index in [1.54, 1.807) is 0 Å². The van der Waals surface area contributed by atoms with Gasteiger partial charge in [0.1, 0.15) is 0 Å². The van der Waals surface area contributed by atoms with Crippen LogP contribution in [0, 0.1) is 5.92 Å². The molecule has 0 amide bonds. The summed E-state index contributed by atoms with van der Waals surface area (Å²) < 4.78 is 0. The molecule has 1 nitrogen and oxygen atoms in total. The van der Waals surface area contributed by atoms with Crippen molar-refractivity contribution < 1.29 is 0 Å². The molecule has 0 bridgehead atoms. The van der Waals surface area contributed by atoms with E-state index in [1.807, 2.05) is 11.8 Å². The summed E-state index contributed by atoms with van der Waals surface area (Å²) in [5.41, 5.74) is 5.92. The standard InChI is InChI=1S/C9H21NS/c1-4-8(5-2)6-9(10)7-11-3/h8-9H,4-7,10H2,1-3H3. The van der Waals surface area contributed by atoms with Gasteiger partial charge in [0.25, 0.3) is 0 Å². The van der Waals surface area contributed by atoms with E-state index in [1.165, 1.54) is 19.3 Å². The summed E-state index contributed by atoms with van der Waals surface area (Å²) in [4.78, 5) is 0. The molecule has 0 aromatic heterocycles. The van der Waals surface area contributed by atoms with Gasteiger partial charge in [-0.3, -0.25) is 0 Å². The van der Waals surface area contributed by atoms with Crippen molar-refractivity contribution in [3.63, 3.8) is 0 Å². The first kappa shape index (κ1) is 11.3. The lowest BCUT2D eigenvalue weighted by molar-refractivity contribution is 0.424. The minimum Gasteiger partial charge on any atom is -0.327 e. The Morgan fingerprint density at radius 3 is 2.18 bits per heavy atom. The van der Waals surface area contributed by atoms with E-state index in [4.69, 9.17) is 5.73 Å². The lowest BCUT2D eigenvalue weighted by atomic mass is 9.96. The van der Waals surface area contributed by atoms with Gasteiger partial charge < -0.3 is 5.73 Å². The summed E-state index contributed by atoms with van der Waals surface area (Å²) in [5.74, 6) is 1.95. The molecule has 0 spiro atoms. The van der Waals surface area contributed by atoms with Crippen LogP contribution < -0.4 is 5.73 Å².